The van der Waals surface area contributed by atoms with Gasteiger partial charge in [-0.15, -0.1) is 0 Å². The molecule has 0 aromatic heterocycles. The van der Waals surface area contributed by atoms with Gasteiger partial charge >= 0.3 is 0 Å². The van der Waals surface area contributed by atoms with E-state index < -0.39 is 0 Å². The summed E-state index contributed by atoms with van der Waals surface area (Å²) in [5.74, 6) is 0. The summed E-state index contributed by atoms with van der Waals surface area (Å²) in [5.41, 5.74) is 4.81. The number of allylic oxidation sites excluding steroid dienone is 7. The molecule has 1 aliphatic rings. The Kier molecular flexibility index (Phi) is 4.48. The first kappa shape index (κ1) is 10.5. The largest absolute Gasteiger partial charge is 0.313 e. The Balaban J connectivity index is 2.61. The van der Waals surface area contributed by atoms with Gasteiger partial charge in [0.05, 0.1) is 5.71 Å². The van der Waals surface area contributed by atoms with Crippen LogP contribution in [0, 0.1) is 0 Å². The van der Waals surface area contributed by atoms with Gasteiger partial charge in [0.1, 0.15) is 0 Å². The molecule has 0 bridgehead atoms. The van der Waals surface area contributed by atoms with Crippen molar-refractivity contribution < 1.29 is 0 Å². The van der Waals surface area contributed by atoms with Gasteiger partial charge in [-0.2, -0.15) is 5.10 Å². The van der Waals surface area contributed by atoms with Crippen LogP contribution in [0.4, 0.5) is 0 Å². The molecule has 0 radical (unpaired) electrons. The first-order valence-electron chi connectivity index (χ1n) is 4.78. The lowest BCUT2D eigenvalue weighted by molar-refractivity contribution is 0.904. The molecule has 1 aliphatic carbocycles. The van der Waals surface area contributed by atoms with Crippen LogP contribution < -0.4 is 5.43 Å². The number of hydrogen-bond acceptors (Lipinski definition) is 2. The molecule has 0 aromatic carbocycles. The molecule has 0 fully saturated rings. The van der Waals surface area contributed by atoms with Crippen LogP contribution in [0.3, 0.4) is 0 Å². The number of nitrogens with zero attached hydrogens (tertiary/aromatic N) is 1. The van der Waals surface area contributed by atoms with Gasteiger partial charge in [-0.1, -0.05) is 30.9 Å². The molecule has 0 saturated heterocycles. The third-order valence-electron chi connectivity index (χ3n) is 1.92. The summed E-state index contributed by atoms with van der Waals surface area (Å²) in [5, 5.41) is 4.04. The van der Waals surface area contributed by atoms with Crippen molar-refractivity contribution in [3.63, 3.8) is 0 Å². The van der Waals surface area contributed by atoms with Crippen LogP contribution in [0.25, 0.3) is 0 Å². The van der Waals surface area contributed by atoms with Crippen molar-refractivity contribution in [2.45, 2.75) is 12.8 Å². The smallest absolute Gasteiger partial charge is 0.0823 e. The van der Waals surface area contributed by atoms with Gasteiger partial charge in [-0.25, -0.2) is 0 Å². The van der Waals surface area contributed by atoms with E-state index in [-0.39, 0.29) is 0 Å². The van der Waals surface area contributed by atoms with Gasteiger partial charge in [-0.3, -0.25) is 0 Å². The Morgan fingerprint density at radius 2 is 2.43 bits per heavy atom. The first-order chi connectivity index (χ1) is 6.86. The monoisotopic (exact) mass is 188 g/mol. The van der Waals surface area contributed by atoms with Crippen LogP contribution in [0.15, 0.2) is 53.7 Å². The minimum Gasteiger partial charge on any atom is -0.313 e. The summed E-state index contributed by atoms with van der Waals surface area (Å²) in [6, 6.07) is 0. The standard InChI is InChI=1S/C12H16N2/c1-3-12(14-13-2)10-9-11-7-5-4-6-8-11/h3,5,7-10,13H,1,4,6H2,2H3/b10-9+,14-12+. The fourth-order valence-corrected chi connectivity index (χ4v) is 1.22. The maximum atomic E-state index is 4.04. The predicted molar refractivity (Wildman–Crippen MR) is 62.3 cm³/mol. The van der Waals surface area contributed by atoms with E-state index in [0.717, 1.165) is 18.6 Å². The highest BCUT2D eigenvalue weighted by Crippen LogP contribution is 2.10. The van der Waals surface area contributed by atoms with E-state index in [2.05, 4.69) is 35.3 Å². The van der Waals surface area contributed by atoms with Crippen molar-refractivity contribution in [1.82, 2.24) is 5.43 Å². The zero-order valence-corrected chi connectivity index (χ0v) is 8.53. The van der Waals surface area contributed by atoms with Gasteiger partial charge < -0.3 is 5.43 Å². The number of nitrogens with one attached hydrogen (secondary N) is 1. The maximum Gasteiger partial charge on any atom is 0.0823 e. The zero-order chi connectivity index (χ0) is 10.2. The van der Waals surface area contributed by atoms with Gasteiger partial charge in [0.15, 0.2) is 0 Å². The summed E-state index contributed by atoms with van der Waals surface area (Å²) in [6.45, 7) is 3.68. The van der Waals surface area contributed by atoms with E-state index in [1.807, 2.05) is 12.2 Å². The summed E-state index contributed by atoms with van der Waals surface area (Å²) < 4.78 is 0. The summed E-state index contributed by atoms with van der Waals surface area (Å²) in [4.78, 5) is 0. The normalized spacial score (nSPS) is 16.9. The van der Waals surface area contributed by atoms with Crippen LogP contribution in [0.1, 0.15) is 12.8 Å². The average Bonchev–Trinajstić information content (AvgIpc) is 2.25. The Morgan fingerprint density at radius 1 is 1.57 bits per heavy atom. The molecule has 14 heavy (non-hydrogen) atoms. The van der Waals surface area contributed by atoms with Crippen molar-refractivity contribution in [2.75, 3.05) is 7.05 Å². The molecule has 0 aliphatic heterocycles. The Hall–Kier alpha value is -1.57. The molecule has 0 spiro atoms. The lowest BCUT2D eigenvalue weighted by Gasteiger charge is -2.00. The molecule has 0 amide bonds. The van der Waals surface area contributed by atoms with Crippen LogP contribution in [0.2, 0.25) is 0 Å². The van der Waals surface area contributed by atoms with E-state index in [4.69, 9.17) is 0 Å². The highest BCUT2D eigenvalue weighted by atomic mass is 15.3. The second kappa shape index (κ2) is 5.97. The fourth-order valence-electron chi connectivity index (χ4n) is 1.22. The van der Waals surface area contributed by atoms with Crippen LogP contribution >= 0.6 is 0 Å². The van der Waals surface area contributed by atoms with Gasteiger partial charge in [-0.05, 0) is 30.6 Å². The second-order valence-electron chi connectivity index (χ2n) is 2.98. The van der Waals surface area contributed by atoms with Crippen LogP contribution in [0.5, 0.6) is 0 Å². The average molecular weight is 188 g/mol. The third-order valence-corrected chi connectivity index (χ3v) is 1.92. The maximum absolute atomic E-state index is 4.04. The predicted octanol–water partition coefficient (Wildman–Crippen LogP) is 2.58. The molecule has 1 rings (SSSR count). The molecule has 0 aromatic rings. The molecule has 0 heterocycles. The van der Waals surface area contributed by atoms with Crippen molar-refractivity contribution in [1.29, 1.82) is 0 Å². The molecule has 74 valence electrons. The van der Waals surface area contributed by atoms with E-state index in [9.17, 15) is 0 Å². The van der Waals surface area contributed by atoms with E-state index in [0.29, 0.717) is 0 Å². The van der Waals surface area contributed by atoms with Gasteiger partial charge in [0.25, 0.3) is 0 Å². The minimum absolute atomic E-state index is 0.840. The molecule has 2 nitrogen and oxygen atoms in total. The Bertz CT molecular complexity index is 296. The van der Waals surface area contributed by atoms with E-state index in [1.54, 1.807) is 13.1 Å². The molecular formula is C12H16N2. The molecule has 2 heteroatoms. The minimum atomic E-state index is 0.840. The first-order valence-corrected chi connectivity index (χ1v) is 4.78. The van der Waals surface area contributed by atoms with Crippen LogP contribution in [-0.4, -0.2) is 12.8 Å². The molecule has 1 N–H and O–H groups in total. The fraction of sp³-hybridized carbons (Fsp3) is 0.250. The van der Waals surface area contributed by atoms with Crippen LogP contribution in [-0.2, 0) is 0 Å². The topological polar surface area (TPSA) is 24.4 Å². The Labute approximate surface area is 85.4 Å². The SMILES string of the molecule is C=CC(/C=C/C1=CCCC=C1)=N\NC. The van der Waals surface area contributed by atoms with Gasteiger partial charge in [0.2, 0.25) is 0 Å². The van der Waals surface area contributed by atoms with Gasteiger partial charge in [0, 0.05) is 7.05 Å². The van der Waals surface area contributed by atoms with E-state index in [1.165, 1.54) is 5.57 Å². The quantitative estimate of drug-likeness (QED) is 0.532. The van der Waals surface area contributed by atoms with E-state index >= 15 is 0 Å². The van der Waals surface area contributed by atoms with Crippen molar-refractivity contribution >= 4 is 5.71 Å². The zero-order valence-electron chi connectivity index (χ0n) is 8.53. The number of hydrogen-bond donors (Lipinski definition) is 1. The summed E-state index contributed by atoms with van der Waals surface area (Å²) >= 11 is 0. The number of rotatable bonds is 4. The third kappa shape index (κ3) is 3.44. The molecular weight excluding hydrogens is 172 g/mol. The Morgan fingerprint density at radius 3 is 3.00 bits per heavy atom. The van der Waals surface area contributed by atoms with Crippen molar-refractivity contribution in [3.8, 4) is 0 Å². The highest BCUT2D eigenvalue weighted by Gasteiger charge is 1.92. The van der Waals surface area contributed by atoms with Crippen molar-refractivity contribution in [3.05, 3.63) is 48.6 Å². The number of hydrazone groups is 1. The second-order valence-corrected chi connectivity index (χ2v) is 2.98. The lowest BCUT2D eigenvalue weighted by atomic mass is 10.1. The summed E-state index contributed by atoms with van der Waals surface area (Å²) in [7, 11) is 1.77. The van der Waals surface area contributed by atoms with Crippen molar-refractivity contribution in [2.24, 2.45) is 5.10 Å². The highest BCUT2D eigenvalue weighted by molar-refractivity contribution is 6.03. The molecule has 0 atom stereocenters. The molecule has 0 saturated carbocycles. The summed E-state index contributed by atoms with van der Waals surface area (Å²) in [6.07, 6.45) is 14.5. The lowest BCUT2D eigenvalue weighted by Crippen LogP contribution is -1.99. The molecule has 0 unspecified atom stereocenters.